The molecule has 2 heterocycles. The summed E-state index contributed by atoms with van der Waals surface area (Å²) in [4.78, 5) is 30.4. The Morgan fingerprint density at radius 2 is 2.03 bits per heavy atom. The van der Waals surface area contributed by atoms with Crippen LogP contribution in [0, 0.1) is 0 Å². The van der Waals surface area contributed by atoms with Crippen molar-refractivity contribution in [1.82, 2.24) is 25.4 Å². The van der Waals surface area contributed by atoms with Crippen LogP contribution in [0.1, 0.15) is 18.9 Å². The molecule has 158 valence electrons. The van der Waals surface area contributed by atoms with Crippen molar-refractivity contribution in [1.29, 1.82) is 0 Å². The number of phenolic OH excluding ortho intramolecular Hbond substituents is 1. The summed E-state index contributed by atoms with van der Waals surface area (Å²) in [5.74, 6) is 0.509. The number of aromatic nitrogens is 5. The Balaban J connectivity index is 1.77. The van der Waals surface area contributed by atoms with Gasteiger partial charge in [-0.3, -0.25) is 9.59 Å². The van der Waals surface area contributed by atoms with Gasteiger partial charge in [0.05, 0.1) is 12.2 Å². The van der Waals surface area contributed by atoms with Crippen LogP contribution in [0.2, 0.25) is 0 Å². The molecule has 0 bridgehead atoms. The Hall–Kier alpha value is -4.21. The van der Waals surface area contributed by atoms with Gasteiger partial charge < -0.3 is 20.6 Å². The number of nitrogens with two attached hydrogens (primary N) is 1. The van der Waals surface area contributed by atoms with E-state index in [1.165, 1.54) is 0 Å². The molecule has 10 heteroatoms. The summed E-state index contributed by atoms with van der Waals surface area (Å²) in [5.41, 5.74) is 8.14. The Morgan fingerprint density at radius 1 is 1.19 bits per heavy atom. The minimum atomic E-state index is -0.410. The Morgan fingerprint density at radius 3 is 2.81 bits per heavy atom. The van der Waals surface area contributed by atoms with E-state index in [0.717, 1.165) is 16.7 Å². The summed E-state index contributed by atoms with van der Waals surface area (Å²) >= 11 is 0. The summed E-state index contributed by atoms with van der Waals surface area (Å²) < 4.78 is 5.80. The van der Waals surface area contributed by atoms with Crippen LogP contribution in [0.5, 0.6) is 11.5 Å². The van der Waals surface area contributed by atoms with Gasteiger partial charge in [0.25, 0.3) is 5.56 Å². The second-order valence-electron chi connectivity index (χ2n) is 6.92. The monoisotopic (exact) mass is 420 g/mol. The van der Waals surface area contributed by atoms with Gasteiger partial charge in [-0.15, -0.1) is 5.10 Å². The first-order chi connectivity index (χ1) is 14.9. The molecule has 0 unspecified atom stereocenters. The van der Waals surface area contributed by atoms with Gasteiger partial charge in [-0.05, 0) is 54.3 Å². The van der Waals surface area contributed by atoms with E-state index < -0.39 is 11.5 Å². The van der Waals surface area contributed by atoms with Crippen molar-refractivity contribution in [2.75, 3.05) is 6.61 Å². The second-order valence-corrected chi connectivity index (χ2v) is 6.92. The van der Waals surface area contributed by atoms with Crippen molar-refractivity contribution in [3.8, 4) is 34.0 Å². The fourth-order valence-electron chi connectivity index (χ4n) is 3.31. The number of primary amides is 1. The third kappa shape index (κ3) is 4.22. The number of phenols is 1. The van der Waals surface area contributed by atoms with Crippen molar-refractivity contribution >= 4 is 17.1 Å². The van der Waals surface area contributed by atoms with Crippen LogP contribution in [-0.2, 0) is 11.2 Å². The van der Waals surface area contributed by atoms with Gasteiger partial charge in [0.1, 0.15) is 17.3 Å². The number of hydrogen-bond acceptors (Lipinski definition) is 7. The van der Waals surface area contributed by atoms with Gasteiger partial charge >= 0.3 is 0 Å². The van der Waals surface area contributed by atoms with E-state index in [9.17, 15) is 14.7 Å². The van der Waals surface area contributed by atoms with Gasteiger partial charge in [0.15, 0.2) is 11.2 Å². The molecule has 1 amide bonds. The normalized spacial score (nSPS) is 11.0. The molecule has 0 saturated carbocycles. The highest BCUT2D eigenvalue weighted by molar-refractivity contribution is 5.77. The van der Waals surface area contributed by atoms with Crippen LogP contribution in [0.25, 0.3) is 33.7 Å². The molecule has 0 atom stereocenters. The first-order valence-corrected chi connectivity index (χ1v) is 9.64. The molecule has 0 aliphatic carbocycles. The number of aromatic hydroxyl groups is 1. The van der Waals surface area contributed by atoms with Gasteiger partial charge in [-0.25, -0.2) is 10.1 Å². The zero-order valence-electron chi connectivity index (χ0n) is 16.7. The number of aromatic amines is 2. The number of rotatable bonds is 7. The number of benzene rings is 2. The van der Waals surface area contributed by atoms with E-state index in [1.54, 1.807) is 24.3 Å². The minimum Gasteiger partial charge on any atom is -0.508 e. The largest absolute Gasteiger partial charge is 0.508 e. The highest BCUT2D eigenvalue weighted by atomic mass is 16.5. The lowest BCUT2D eigenvalue weighted by Gasteiger charge is -2.13. The van der Waals surface area contributed by atoms with Gasteiger partial charge in [0.2, 0.25) is 5.91 Å². The molecule has 31 heavy (non-hydrogen) atoms. The van der Waals surface area contributed by atoms with Gasteiger partial charge in [-0.1, -0.05) is 17.3 Å². The molecule has 2 aromatic heterocycles. The lowest BCUT2D eigenvalue weighted by Crippen LogP contribution is -2.11. The maximum Gasteiger partial charge on any atom is 0.281 e. The van der Waals surface area contributed by atoms with Crippen molar-refractivity contribution in [3.05, 3.63) is 52.3 Å². The summed E-state index contributed by atoms with van der Waals surface area (Å²) in [6.45, 7) is 2.25. The number of carbonyl (C=O) groups excluding carboxylic acids is 1. The fraction of sp³-hybridized carbons (Fsp3) is 0.190. The van der Waals surface area contributed by atoms with Gasteiger partial charge in [-0.2, -0.15) is 0 Å². The molecule has 5 N–H and O–H groups in total. The SMILES string of the molecule is CCOc1cc(-c2cc(O)cc(CCC(N)=O)c2)ccc1-c1nc2[nH]nnc2c(=O)[nH]1. The van der Waals surface area contributed by atoms with Crippen LogP contribution in [-0.4, -0.2) is 43.0 Å². The Kier molecular flexibility index (Phi) is 5.35. The molecular weight excluding hydrogens is 400 g/mol. The number of hydrogen-bond donors (Lipinski definition) is 4. The number of aryl methyl sites for hydroxylation is 1. The van der Waals surface area contributed by atoms with Crippen molar-refractivity contribution in [2.45, 2.75) is 19.8 Å². The Labute approximate surface area is 176 Å². The topological polar surface area (TPSA) is 160 Å². The molecule has 0 saturated heterocycles. The van der Waals surface area contributed by atoms with Crippen LogP contribution in [0.15, 0.2) is 41.2 Å². The molecule has 10 nitrogen and oxygen atoms in total. The molecular formula is C21H20N6O4. The van der Waals surface area contributed by atoms with E-state index in [-0.39, 0.29) is 23.3 Å². The molecule has 4 rings (SSSR count). The first kappa shape index (κ1) is 20.1. The van der Waals surface area contributed by atoms with Gasteiger partial charge in [0, 0.05) is 6.42 Å². The van der Waals surface area contributed by atoms with Crippen molar-refractivity contribution in [3.63, 3.8) is 0 Å². The quantitative estimate of drug-likeness (QED) is 0.355. The highest BCUT2D eigenvalue weighted by Gasteiger charge is 2.15. The smallest absolute Gasteiger partial charge is 0.281 e. The van der Waals surface area contributed by atoms with E-state index >= 15 is 0 Å². The van der Waals surface area contributed by atoms with E-state index in [2.05, 4.69) is 25.4 Å². The molecule has 0 aliphatic heterocycles. The zero-order chi connectivity index (χ0) is 22.0. The van der Waals surface area contributed by atoms with Crippen LogP contribution < -0.4 is 16.0 Å². The number of nitrogens with zero attached hydrogens (tertiary/aromatic N) is 3. The molecule has 2 aromatic carbocycles. The number of carbonyl (C=O) groups is 1. The minimum absolute atomic E-state index is 0.0854. The second kappa shape index (κ2) is 8.27. The number of amides is 1. The van der Waals surface area contributed by atoms with E-state index in [0.29, 0.717) is 30.2 Å². The third-order valence-corrected chi connectivity index (χ3v) is 4.71. The van der Waals surface area contributed by atoms with E-state index in [1.807, 2.05) is 19.1 Å². The standard InChI is InChI=1S/C21H20N6O4/c1-2-31-16-10-12(13-7-11(3-6-17(22)29)8-14(28)9-13)4-5-15(16)19-23-20-18(21(30)24-19)25-27-26-20/h4-5,7-10,28H,2-3,6H2,1H3,(H2,22,29)(H2,23,24,25,26,27,30). The first-order valence-electron chi connectivity index (χ1n) is 9.64. The summed E-state index contributed by atoms with van der Waals surface area (Å²) in [5, 5.41) is 20.0. The van der Waals surface area contributed by atoms with Crippen LogP contribution in [0.3, 0.4) is 0 Å². The van der Waals surface area contributed by atoms with Crippen molar-refractivity contribution < 1.29 is 14.6 Å². The van der Waals surface area contributed by atoms with Crippen LogP contribution in [0.4, 0.5) is 0 Å². The third-order valence-electron chi connectivity index (χ3n) is 4.71. The average Bonchev–Trinajstić information content (AvgIpc) is 3.21. The number of ether oxygens (including phenoxy) is 1. The number of nitrogens with one attached hydrogen (secondary N) is 2. The average molecular weight is 420 g/mol. The number of fused-ring (bicyclic) bond motifs is 1. The fourth-order valence-corrected chi connectivity index (χ4v) is 3.31. The summed E-state index contributed by atoms with van der Waals surface area (Å²) in [7, 11) is 0. The molecule has 0 spiro atoms. The lowest BCUT2D eigenvalue weighted by molar-refractivity contribution is -0.117. The molecule has 0 radical (unpaired) electrons. The summed E-state index contributed by atoms with van der Waals surface area (Å²) in [6.07, 6.45) is 0.618. The van der Waals surface area contributed by atoms with Crippen molar-refractivity contribution in [2.24, 2.45) is 5.73 Å². The predicted molar refractivity (Wildman–Crippen MR) is 114 cm³/mol. The van der Waals surface area contributed by atoms with E-state index in [4.69, 9.17) is 10.5 Å². The molecule has 4 aromatic rings. The Bertz CT molecular complexity index is 1330. The predicted octanol–water partition coefficient (Wildman–Crippen LogP) is 1.90. The zero-order valence-corrected chi connectivity index (χ0v) is 16.7. The lowest BCUT2D eigenvalue weighted by atomic mass is 9.98. The molecule has 0 aliphatic rings. The number of H-pyrrole nitrogens is 2. The maximum atomic E-state index is 12.3. The maximum absolute atomic E-state index is 12.3. The highest BCUT2D eigenvalue weighted by Crippen LogP contribution is 2.34. The summed E-state index contributed by atoms with van der Waals surface area (Å²) in [6, 6.07) is 10.5. The van der Waals surface area contributed by atoms with Crippen LogP contribution >= 0.6 is 0 Å². The molecule has 0 fully saturated rings.